The number of aryl methyl sites for hydroxylation is 1. The van der Waals surface area contributed by atoms with E-state index in [1.54, 1.807) is 13.2 Å². The van der Waals surface area contributed by atoms with Gasteiger partial charge in [0.05, 0.1) is 12.0 Å². The molecule has 8 heteroatoms. The SMILES string of the molecule is COc1ccc2c(c1)c(CNS(=O)(=O)c1ccc3c(c1)OCO3)cn2C. The van der Waals surface area contributed by atoms with Gasteiger partial charge in [0.15, 0.2) is 11.5 Å². The largest absolute Gasteiger partial charge is 0.497 e. The van der Waals surface area contributed by atoms with Crippen molar-refractivity contribution >= 4 is 20.9 Å². The Morgan fingerprint density at radius 2 is 1.96 bits per heavy atom. The minimum Gasteiger partial charge on any atom is -0.497 e. The van der Waals surface area contributed by atoms with Gasteiger partial charge in [-0.05, 0) is 35.9 Å². The van der Waals surface area contributed by atoms with Crippen molar-refractivity contribution in [2.45, 2.75) is 11.4 Å². The standard InChI is InChI=1S/C18H18N2O5S/c1-20-10-12(15-7-13(23-2)3-5-16(15)20)9-19-26(21,22)14-4-6-17-18(8-14)25-11-24-17/h3-8,10,19H,9,11H2,1-2H3. The van der Waals surface area contributed by atoms with Crippen molar-refractivity contribution < 1.29 is 22.6 Å². The number of methoxy groups -OCH3 is 1. The fourth-order valence-electron chi connectivity index (χ4n) is 3.02. The van der Waals surface area contributed by atoms with Crippen molar-refractivity contribution in [1.29, 1.82) is 0 Å². The first-order valence-corrected chi connectivity index (χ1v) is 9.47. The quantitative estimate of drug-likeness (QED) is 0.742. The molecule has 1 N–H and O–H groups in total. The molecule has 7 nitrogen and oxygen atoms in total. The lowest BCUT2D eigenvalue weighted by Crippen LogP contribution is -2.23. The maximum atomic E-state index is 12.6. The van der Waals surface area contributed by atoms with Gasteiger partial charge >= 0.3 is 0 Å². The molecule has 0 atom stereocenters. The minimum absolute atomic E-state index is 0.101. The summed E-state index contributed by atoms with van der Waals surface area (Å²) in [5, 5.41) is 0.945. The smallest absolute Gasteiger partial charge is 0.241 e. The fraction of sp³-hybridized carbons (Fsp3) is 0.222. The maximum Gasteiger partial charge on any atom is 0.241 e. The molecule has 0 amide bonds. The van der Waals surface area contributed by atoms with Crippen LogP contribution in [0.2, 0.25) is 0 Å². The van der Waals surface area contributed by atoms with E-state index in [0.717, 1.165) is 22.2 Å². The number of benzene rings is 2. The zero-order chi connectivity index (χ0) is 18.3. The highest BCUT2D eigenvalue weighted by Crippen LogP contribution is 2.34. The van der Waals surface area contributed by atoms with Crippen LogP contribution in [0, 0.1) is 0 Å². The third-order valence-corrected chi connectivity index (χ3v) is 5.79. The van der Waals surface area contributed by atoms with Gasteiger partial charge in [-0.25, -0.2) is 13.1 Å². The summed E-state index contributed by atoms with van der Waals surface area (Å²) in [5.41, 5.74) is 1.87. The van der Waals surface area contributed by atoms with Gasteiger partial charge in [0.1, 0.15) is 5.75 Å². The second-order valence-corrected chi connectivity index (χ2v) is 7.75. The van der Waals surface area contributed by atoms with E-state index in [2.05, 4.69) is 4.72 Å². The minimum atomic E-state index is -3.68. The second kappa shape index (κ2) is 6.22. The van der Waals surface area contributed by atoms with Crippen LogP contribution in [0.15, 0.2) is 47.5 Å². The summed E-state index contributed by atoms with van der Waals surface area (Å²) < 4.78 is 45.6. The molecule has 0 aliphatic carbocycles. The first-order chi connectivity index (χ1) is 12.5. The maximum absolute atomic E-state index is 12.6. The molecular weight excluding hydrogens is 356 g/mol. The predicted molar refractivity (Wildman–Crippen MR) is 96.1 cm³/mol. The van der Waals surface area contributed by atoms with Crippen molar-refractivity contribution in [3.8, 4) is 17.2 Å². The molecule has 0 saturated carbocycles. The lowest BCUT2D eigenvalue weighted by Gasteiger charge is -2.07. The van der Waals surface area contributed by atoms with Gasteiger partial charge in [-0.3, -0.25) is 0 Å². The molecule has 2 aromatic carbocycles. The number of rotatable bonds is 5. The number of sulfonamides is 1. The Morgan fingerprint density at radius 3 is 2.77 bits per heavy atom. The molecule has 136 valence electrons. The highest BCUT2D eigenvalue weighted by atomic mass is 32.2. The molecule has 3 aromatic rings. The second-order valence-electron chi connectivity index (χ2n) is 5.99. The van der Waals surface area contributed by atoms with Crippen LogP contribution in [0.3, 0.4) is 0 Å². The molecule has 0 unspecified atom stereocenters. The summed E-state index contributed by atoms with van der Waals surface area (Å²) in [6, 6.07) is 10.3. The molecule has 0 saturated heterocycles. The van der Waals surface area contributed by atoms with Crippen molar-refractivity contribution in [2.75, 3.05) is 13.9 Å². The van der Waals surface area contributed by atoms with E-state index < -0.39 is 10.0 Å². The predicted octanol–water partition coefficient (Wildman–Crippen LogP) is 2.39. The van der Waals surface area contributed by atoms with E-state index in [0.29, 0.717) is 11.5 Å². The summed E-state index contributed by atoms with van der Waals surface area (Å²) in [5.74, 6) is 1.71. The Balaban J connectivity index is 1.61. The lowest BCUT2D eigenvalue weighted by atomic mass is 10.1. The molecule has 1 aromatic heterocycles. The summed E-state index contributed by atoms with van der Waals surface area (Å²) in [6.45, 7) is 0.269. The van der Waals surface area contributed by atoms with Crippen LogP contribution in [0.25, 0.3) is 10.9 Å². The van der Waals surface area contributed by atoms with Crippen LogP contribution < -0.4 is 18.9 Å². The summed E-state index contributed by atoms with van der Waals surface area (Å²) >= 11 is 0. The normalized spacial score (nSPS) is 13.3. The van der Waals surface area contributed by atoms with Crippen molar-refractivity contribution in [2.24, 2.45) is 7.05 Å². The highest BCUT2D eigenvalue weighted by molar-refractivity contribution is 7.89. The number of hydrogen-bond acceptors (Lipinski definition) is 5. The van der Waals surface area contributed by atoms with Crippen LogP contribution in [0.1, 0.15) is 5.56 Å². The Kier molecular flexibility index (Phi) is 4.01. The molecule has 4 rings (SSSR count). The third kappa shape index (κ3) is 2.87. The van der Waals surface area contributed by atoms with Crippen LogP contribution in [0.4, 0.5) is 0 Å². The highest BCUT2D eigenvalue weighted by Gasteiger charge is 2.20. The number of fused-ring (bicyclic) bond motifs is 2. The molecule has 0 radical (unpaired) electrons. The number of ether oxygens (including phenoxy) is 3. The summed E-state index contributed by atoms with van der Waals surface area (Å²) in [6.07, 6.45) is 1.91. The van der Waals surface area contributed by atoms with Gasteiger partial charge in [-0.15, -0.1) is 0 Å². The molecule has 0 bridgehead atoms. The molecule has 26 heavy (non-hydrogen) atoms. The van der Waals surface area contributed by atoms with Crippen molar-refractivity contribution in [3.63, 3.8) is 0 Å². The monoisotopic (exact) mass is 374 g/mol. The van der Waals surface area contributed by atoms with Gasteiger partial charge < -0.3 is 18.8 Å². The Bertz CT molecular complexity index is 1090. The van der Waals surface area contributed by atoms with Crippen LogP contribution >= 0.6 is 0 Å². The van der Waals surface area contributed by atoms with Gasteiger partial charge in [0, 0.05) is 36.8 Å². The third-order valence-electron chi connectivity index (χ3n) is 4.39. The Hall–Kier alpha value is -2.71. The Morgan fingerprint density at radius 1 is 1.15 bits per heavy atom. The van der Waals surface area contributed by atoms with Crippen LogP contribution in [0.5, 0.6) is 17.2 Å². The van der Waals surface area contributed by atoms with Gasteiger partial charge in [-0.1, -0.05) is 0 Å². The first-order valence-electron chi connectivity index (χ1n) is 7.99. The average molecular weight is 374 g/mol. The van der Waals surface area contributed by atoms with E-state index in [1.165, 1.54) is 12.1 Å². The van der Waals surface area contributed by atoms with Crippen molar-refractivity contribution in [1.82, 2.24) is 9.29 Å². The van der Waals surface area contributed by atoms with E-state index in [-0.39, 0.29) is 18.2 Å². The zero-order valence-electron chi connectivity index (χ0n) is 14.4. The van der Waals surface area contributed by atoms with Gasteiger partial charge in [0.2, 0.25) is 16.8 Å². The molecule has 1 aliphatic heterocycles. The van der Waals surface area contributed by atoms with E-state index in [1.807, 2.05) is 36.0 Å². The number of nitrogens with zero attached hydrogens (tertiary/aromatic N) is 1. The molecular formula is C18H18N2O5S. The fourth-order valence-corrected chi connectivity index (χ4v) is 4.04. The van der Waals surface area contributed by atoms with Crippen LogP contribution in [-0.4, -0.2) is 26.9 Å². The first kappa shape index (κ1) is 16.7. The van der Waals surface area contributed by atoms with Crippen molar-refractivity contribution in [3.05, 3.63) is 48.2 Å². The molecule has 0 fully saturated rings. The molecule has 2 heterocycles. The summed E-state index contributed by atoms with van der Waals surface area (Å²) in [4.78, 5) is 0.138. The van der Waals surface area contributed by atoms with Gasteiger partial charge in [0.25, 0.3) is 0 Å². The topological polar surface area (TPSA) is 78.8 Å². The average Bonchev–Trinajstić information content (AvgIpc) is 3.23. The molecule has 0 spiro atoms. The van der Waals surface area contributed by atoms with E-state index >= 15 is 0 Å². The van der Waals surface area contributed by atoms with Crippen LogP contribution in [-0.2, 0) is 23.6 Å². The Labute approximate surface area is 151 Å². The lowest BCUT2D eigenvalue weighted by molar-refractivity contribution is 0.174. The van der Waals surface area contributed by atoms with E-state index in [9.17, 15) is 8.42 Å². The number of hydrogen-bond donors (Lipinski definition) is 1. The van der Waals surface area contributed by atoms with E-state index in [4.69, 9.17) is 14.2 Å². The number of aromatic nitrogens is 1. The zero-order valence-corrected chi connectivity index (χ0v) is 15.2. The van der Waals surface area contributed by atoms with Gasteiger partial charge in [-0.2, -0.15) is 0 Å². The molecule has 1 aliphatic rings. The summed E-state index contributed by atoms with van der Waals surface area (Å²) in [7, 11) is -0.157. The number of nitrogens with one attached hydrogen (secondary N) is 1.